The molecule has 0 spiro atoms. The highest BCUT2D eigenvalue weighted by molar-refractivity contribution is 9.10. The van der Waals surface area contributed by atoms with E-state index in [0.29, 0.717) is 0 Å². The van der Waals surface area contributed by atoms with Gasteiger partial charge in [-0.15, -0.1) is 0 Å². The largest absolute Gasteiger partial charge is 0.469 e. The van der Waals surface area contributed by atoms with Gasteiger partial charge in [0, 0.05) is 23.0 Å². The third-order valence-corrected chi connectivity index (χ3v) is 3.69. The molecule has 0 unspecified atom stereocenters. The number of benzene rings is 2. The van der Waals surface area contributed by atoms with Crippen molar-refractivity contribution in [3.05, 3.63) is 70.2 Å². The second-order valence-corrected chi connectivity index (χ2v) is 5.42. The number of rotatable bonds is 2. The van der Waals surface area contributed by atoms with Gasteiger partial charge in [0.25, 0.3) is 0 Å². The van der Waals surface area contributed by atoms with Gasteiger partial charge in [-0.25, -0.2) is 0 Å². The minimum atomic E-state index is 0.109. The van der Waals surface area contributed by atoms with Crippen LogP contribution in [-0.2, 0) is 4.74 Å². The van der Waals surface area contributed by atoms with Crippen molar-refractivity contribution >= 4 is 21.8 Å². The van der Waals surface area contributed by atoms with Crippen molar-refractivity contribution < 1.29 is 4.74 Å². The molecule has 0 radical (unpaired) electrons. The Morgan fingerprint density at radius 3 is 2.47 bits per heavy atom. The monoisotopic (exact) mass is 315 g/mol. The molecule has 1 heterocycles. The predicted octanol–water partition coefficient (Wildman–Crippen LogP) is 4.36. The van der Waals surface area contributed by atoms with Crippen LogP contribution in [0.4, 0.5) is 0 Å². The van der Waals surface area contributed by atoms with E-state index in [0.717, 1.165) is 28.9 Å². The van der Waals surface area contributed by atoms with E-state index in [2.05, 4.69) is 33.1 Å². The van der Waals surface area contributed by atoms with Gasteiger partial charge in [0.1, 0.15) is 6.10 Å². The van der Waals surface area contributed by atoms with Crippen molar-refractivity contribution in [2.75, 3.05) is 6.54 Å². The molecule has 1 atom stereocenters. The van der Waals surface area contributed by atoms with Crippen LogP contribution in [0.2, 0.25) is 0 Å². The van der Waals surface area contributed by atoms with Crippen LogP contribution in [0, 0.1) is 0 Å². The minimum Gasteiger partial charge on any atom is -0.469 e. The lowest BCUT2D eigenvalue weighted by Crippen LogP contribution is -2.19. The maximum Gasteiger partial charge on any atom is 0.216 e. The predicted molar refractivity (Wildman–Crippen MR) is 80.4 cm³/mol. The molecule has 3 rings (SSSR count). The Morgan fingerprint density at radius 1 is 1.00 bits per heavy atom. The molecular formula is C16H14BrNO. The van der Waals surface area contributed by atoms with E-state index in [1.54, 1.807) is 0 Å². The molecule has 0 N–H and O–H groups in total. The van der Waals surface area contributed by atoms with Gasteiger partial charge < -0.3 is 4.74 Å². The van der Waals surface area contributed by atoms with Crippen LogP contribution in [0.15, 0.2) is 64.1 Å². The van der Waals surface area contributed by atoms with Crippen molar-refractivity contribution in [1.29, 1.82) is 0 Å². The van der Waals surface area contributed by atoms with Crippen LogP contribution in [0.1, 0.15) is 23.7 Å². The summed E-state index contributed by atoms with van der Waals surface area (Å²) in [6, 6.07) is 18.4. The first-order chi connectivity index (χ1) is 9.33. The second kappa shape index (κ2) is 5.57. The first-order valence-electron chi connectivity index (χ1n) is 6.35. The summed E-state index contributed by atoms with van der Waals surface area (Å²) in [5.41, 5.74) is 2.25. The van der Waals surface area contributed by atoms with Gasteiger partial charge >= 0.3 is 0 Å². The molecule has 0 aromatic heterocycles. The standard InChI is InChI=1S/C16H14BrNO/c17-14-8-6-13(7-9-14)16-18-11-10-15(19-16)12-4-2-1-3-5-12/h1-9,15H,10-11H2/t15-/m0/s1. The Bertz CT molecular complexity index is 577. The van der Waals surface area contributed by atoms with Gasteiger partial charge in [-0.3, -0.25) is 4.99 Å². The number of hydrogen-bond acceptors (Lipinski definition) is 2. The summed E-state index contributed by atoms with van der Waals surface area (Å²) in [5.74, 6) is 0.743. The van der Waals surface area contributed by atoms with E-state index in [1.165, 1.54) is 5.56 Å². The summed E-state index contributed by atoms with van der Waals surface area (Å²) in [7, 11) is 0. The fourth-order valence-electron chi connectivity index (χ4n) is 2.17. The number of aliphatic imine (C=N–C) groups is 1. The van der Waals surface area contributed by atoms with Gasteiger partial charge in [0.05, 0.1) is 0 Å². The van der Waals surface area contributed by atoms with Crippen LogP contribution in [0.3, 0.4) is 0 Å². The highest BCUT2D eigenvalue weighted by atomic mass is 79.9. The molecule has 0 amide bonds. The summed E-state index contributed by atoms with van der Waals surface area (Å²) in [5, 5.41) is 0. The number of hydrogen-bond donors (Lipinski definition) is 0. The summed E-state index contributed by atoms with van der Waals surface area (Å²) in [4.78, 5) is 4.48. The second-order valence-electron chi connectivity index (χ2n) is 4.50. The molecule has 1 aliphatic rings. The van der Waals surface area contributed by atoms with Gasteiger partial charge in [0.2, 0.25) is 5.90 Å². The number of nitrogens with zero attached hydrogens (tertiary/aromatic N) is 1. The molecular weight excluding hydrogens is 302 g/mol. The molecule has 19 heavy (non-hydrogen) atoms. The first kappa shape index (κ1) is 12.4. The summed E-state index contributed by atoms with van der Waals surface area (Å²) in [6.45, 7) is 0.810. The molecule has 96 valence electrons. The van der Waals surface area contributed by atoms with E-state index in [-0.39, 0.29) is 6.10 Å². The fourth-order valence-corrected chi connectivity index (χ4v) is 2.43. The third kappa shape index (κ3) is 2.87. The summed E-state index contributed by atoms with van der Waals surface area (Å²) < 4.78 is 7.10. The molecule has 2 aromatic carbocycles. The van der Waals surface area contributed by atoms with Crippen LogP contribution < -0.4 is 0 Å². The van der Waals surface area contributed by atoms with Crippen LogP contribution >= 0.6 is 15.9 Å². The lowest BCUT2D eigenvalue weighted by atomic mass is 10.1. The fraction of sp³-hybridized carbons (Fsp3) is 0.188. The molecule has 0 saturated heterocycles. The first-order valence-corrected chi connectivity index (χ1v) is 7.14. The topological polar surface area (TPSA) is 21.6 Å². The van der Waals surface area contributed by atoms with Gasteiger partial charge in [-0.05, 0) is 29.8 Å². The summed E-state index contributed by atoms with van der Waals surface area (Å²) in [6.07, 6.45) is 1.04. The van der Waals surface area contributed by atoms with Crippen molar-refractivity contribution in [3.63, 3.8) is 0 Å². The SMILES string of the molecule is Brc1ccc(C2=NCC[C@@H](c3ccccc3)O2)cc1. The number of halogens is 1. The van der Waals surface area contributed by atoms with E-state index < -0.39 is 0 Å². The Hall–Kier alpha value is -1.61. The molecule has 2 nitrogen and oxygen atoms in total. The smallest absolute Gasteiger partial charge is 0.216 e. The van der Waals surface area contributed by atoms with Gasteiger partial charge in [0.15, 0.2) is 0 Å². The molecule has 0 fully saturated rings. The van der Waals surface area contributed by atoms with E-state index in [4.69, 9.17) is 4.74 Å². The molecule has 2 aromatic rings. The van der Waals surface area contributed by atoms with Crippen molar-refractivity contribution in [1.82, 2.24) is 0 Å². The maximum atomic E-state index is 6.03. The van der Waals surface area contributed by atoms with E-state index in [1.807, 2.05) is 42.5 Å². The highest BCUT2D eigenvalue weighted by Gasteiger charge is 2.20. The van der Waals surface area contributed by atoms with Gasteiger partial charge in [-0.1, -0.05) is 46.3 Å². The van der Waals surface area contributed by atoms with Gasteiger partial charge in [-0.2, -0.15) is 0 Å². The average molecular weight is 316 g/mol. The third-order valence-electron chi connectivity index (χ3n) is 3.16. The van der Waals surface area contributed by atoms with Crippen LogP contribution in [-0.4, -0.2) is 12.4 Å². The Morgan fingerprint density at radius 2 is 1.74 bits per heavy atom. The van der Waals surface area contributed by atoms with Crippen molar-refractivity contribution in [2.24, 2.45) is 4.99 Å². The minimum absolute atomic E-state index is 0.109. The lowest BCUT2D eigenvalue weighted by molar-refractivity contribution is 0.170. The molecule has 0 bridgehead atoms. The average Bonchev–Trinajstić information content (AvgIpc) is 2.49. The summed E-state index contributed by atoms with van der Waals surface area (Å²) >= 11 is 3.44. The zero-order valence-corrected chi connectivity index (χ0v) is 12.0. The Balaban J connectivity index is 1.82. The van der Waals surface area contributed by atoms with Crippen molar-refractivity contribution in [3.8, 4) is 0 Å². The molecule has 3 heteroatoms. The molecule has 0 aliphatic carbocycles. The maximum absolute atomic E-state index is 6.03. The van der Waals surface area contributed by atoms with Crippen LogP contribution in [0.25, 0.3) is 0 Å². The highest BCUT2D eigenvalue weighted by Crippen LogP contribution is 2.26. The molecule has 0 saturated carbocycles. The van der Waals surface area contributed by atoms with Crippen molar-refractivity contribution in [2.45, 2.75) is 12.5 Å². The molecule has 1 aliphatic heterocycles. The van der Waals surface area contributed by atoms with E-state index in [9.17, 15) is 0 Å². The van der Waals surface area contributed by atoms with Crippen LogP contribution in [0.5, 0.6) is 0 Å². The Labute approximate surface area is 121 Å². The zero-order chi connectivity index (χ0) is 13.1. The Kier molecular flexibility index (Phi) is 3.65. The number of ether oxygens (including phenoxy) is 1. The van der Waals surface area contributed by atoms with E-state index >= 15 is 0 Å². The zero-order valence-electron chi connectivity index (χ0n) is 10.4. The normalized spacial score (nSPS) is 18.6. The quantitative estimate of drug-likeness (QED) is 0.807. The lowest BCUT2D eigenvalue weighted by Gasteiger charge is -2.24.